The number of hydrogen-bond donors (Lipinski definition) is 0. The van der Waals surface area contributed by atoms with Crippen LogP contribution in [0.3, 0.4) is 0 Å². The topological polar surface area (TPSA) is 76.8 Å². The van der Waals surface area contributed by atoms with Crippen LogP contribution in [0, 0.1) is 0 Å². The van der Waals surface area contributed by atoms with E-state index < -0.39 is 5.69 Å². The van der Waals surface area contributed by atoms with E-state index in [9.17, 15) is 14.4 Å². The number of methoxy groups -OCH3 is 1. The van der Waals surface area contributed by atoms with Gasteiger partial charge in [0, 0.05) is 57.0 Å². The minimum atomic E-state index is -0.564. The lowest BCUT2D eigenvalue weighted by Gasteiger charge is -2.36. The third-order valence-electron chi connectivity index (χ3n) is 5.53. The van der Waals surface area contributed by atoms with Crippen molar-refractivity contribution in [2.24, 2.45) is 0 Å². The zero-order chi connectivity index (χ0) is 21.3. The van der Waals surface area contributed by atoms with Crippen LogP contribution in [0.15, 0.2) is 44.6 Å². The number of carbonyl (C=O) groups is 1. The molecule has 1 aliphatic heterocycles. The van der Waals surface area contributed by atoms with Gasteiger partial charge in [-0.3, -0.25) is 19.1 Å². The maximum Gasteiger partial charge on any atom is 0.338 e. The van der Waals surface area contributed by atoms with Crippen molar-refractivity contribution >= 4 is 33.8 Å². The number of thiophene rings is 1. The van der Waals surface area contributed by atoms with Crippen molar-refractivity contribution < 1.29 is 9.53 Å². The fourth-order valence-corrected chi connectivity index (χ4v) is 4.71. The largest absolute Gasteiger partial charge is 0.495 e. The number of benzene rings is 1. The minimum Gasteiger partial charge on any atom is -0.495 e. The Labute approximate surface area is 177 Å². The highest BCUT2D eigenvalue weighted by atomic mass is 32.1. The molecule has 3 heterocycles. The van der Waals surface area contributed by atoms with E-state index >= 15 is 0 Å². The molecule has 0 radical (unpaired) electrons. The second-order valence-electron chi connectivity index (χ2n) is 7.27. The number of anilines is 1. The summed E-state index contributed by atoms with van der Waals surface area (Å²) in [6.07, 6.45) is 0. The Morgan fingerprint density at radius 1 is 1.07 bits per heavy atom. The SMILES string of the molecule is COc1ccccc1N1CCN(CCn2c(=O)c3cscc3n(C(C)=O)c2=O)CC1. The Morgan fingerprint density at radius 2 is 1.80 bits per heavy atom. The minimum absolute atomic E-state index is 0.255. The average molecular weight is 429 g/mol. The van der Waals surface area contributed by atoms with Crippen molar-refractivity contribution in [3.8, 4) is 5.75 Å². The molecule has 3 aromatic rings. The summed E-state index contributed by atoms with van der Waals surface area (Å²) in [4.78, 5) is 42.1. The Bertz CT molecular complexity index is 1190. The molecule has 0 aliphatic carbocycles. The molecule has 30 heavy (non-hydrogen) atoms. The summed E-state index contributed by atoms with van der Waals surface area (Å²) in [6.45, 7) is 5.45. The Hall–Kier alpha value is -2.91. The van der Waals surface area contributed by atoms with Crippen LogP contribution in [0.25, 0.3) is 10.9 Å². The third kappa shape index (κ3) is 3.66. The lowest BCUT2D eigenvalue weighted by atomic mass is 10.2. The summed E-state index contributed by atoms with van der Waals surface area (Å²) < 4.78 is 7.73. The number of nitrogens with zero attached hydrogens (tertiary/aromatic N) is 4. The van der Waals surface area contributed by atoms with Gasteiger partial charge in [0.2, 0.25) is 5.91 Å². The summed E-state index contributed by atoms with van der Waals surface area (Å²) in [5, 5.41) is 3.77. The molecule has 0 N–H and O–H groups in total. The van der Waals surface area contributed by atoms with Gasteiger partial charge in [-0.25, -0.2) is 9.36 Å². The van der Waals surface area contributed by atoms with E-state index in [0.717, 1.165) is 42.2 Å². The zero-order valence-electron chi connectivity index (χ0n) is 17.0. The number of ether oxygens (including phenoxy) is 1. The number of hydrogen-bond acceptors (Lipinski definition) is 7. The number of aromatic nitrogens is 2. The highest BCUT2D eigenvalue weighted by Crippen LogP contribution is 2.28. The highest BCUT2D eigenvalue weighted by molar-refractivity contribution is 7.09. The first-order valence-electron chi connectivity index (χ1n) is 9.84. The summed E-state index contributed by atoms with van der Waals surface area (Å²) in [5.74, 6) is 0.467. The van der Waals surface area contributed by atoms with Crippen molar-refractivity contribution in [1.29, 1.82) is 0 Å². The van der Waals surface area contributed by atoms with E-state index in [1.54, 1.807) is 17.9 Å². The van der Waals surface area contributed by atoms with Gasteiger partial charge in [0.25, 0.3) is 5.56 Å². The zero-order valence-corrected chi connectivity index (χ0v) is 17.9. The predicted molar refractivity (Wildman–Crippen MR) is 118 cm³/mol. The van der Waals surface area contributed by atoms with E-state index in [1.165, 1.54) is 22.8 Å². The highest BCUT2D eigenvalue weighted by Gasteiger charge is 2.21. The molecule has 8 nitrogen and oxygen atoms in total. The van der Waals surface area contributed by atoms with Gasteiger partial charge >= 0.3 is 5.69 Å². The summed E-state index contributed by atoms with van der Waals surface area (Å²) in [6, 6.07) is 7.95. The molecule has 2 aromatic heterocycles. The molecule has 158 valence electrons. The summed E-state index contributed by atoms with van der Waals surface area (Å²) in [7, 11) is 1.67. The van der Waals surface area contributed by atoms with Gasteiger partial charge in [-0.1, -0.05) is 12.1 Å². The fraction of sp³-hybridized carbons (Fsp3) is 0.381. The van der Waals surface area contributed by atoms with E-state index in [4.69, 9.17) is 4.74 Å². The Balaban J connectivity index is 1.48. The Kier molecular flexibility index (Phi) is 5.74. The fourth-order valence-electron chi connectivity index (χ4n) is 3.93. The van der Waals surface area contributed by atoms with Crippen LogP contribution >= 0.6 is 11.3 Å². The molecular formula is C21H24N4O4S. The van der Waals surface area contributed by atoms with Crippen LogP contribution < -0.4 is 20.9 Å². The molecule has 0 bridgehead atoms. The number of carbonyl (C=O) groups excluding carboxylic acids is 1. The molecule has 0 saturated carbocycles. The van der Waals surface area contributed by atoms with Gasteiger partial charge in [-0.05, 0) is 12.1 Å². The van der Waals surface area contributed by atoms with E-state index in [-0.39, 0.29) is 18.0 Å². The van der Waals surface area contributed by atoms with Crippen molar-refractivity contribution in [2.75, 3.05) is 44.7 Å². The van der Waals surface area contributed by atoms with Gasteiger partial charge < -0.3 is 9.64 Å². The lowest BCUT2D eigenvalue weighted by molar-refractivity contribution is 0.0934. The van der Waals surface area contributed by atoms with Gasteiger partial charge in [0.15, 0.2) is 0 Å². The number of para-hydroxylation sites is 2. The standard InChI is InChI=1S/C21H24N4O4S/c1-15(26)25-18-14-30-13-16(18)20(27)24(21(25)28)12-9-22-7-10-23(11-8-22)17-5-3-4-6-19(17)29-2/h3-6,13-14H,7-12H2,1-2H3. The smallest absolute Gasteiger partial charge is 0.338 e. The summed E-state index contributed by atoms with van der Waals surface area (Å²) in [5.41, 5.74) is 0.569. The van der Waals surface area contributed by atoms with Crippen LogP contribution in [0.1, 0.15) is 11.7 Å². The van der Waals surface area contributed by atoms with E-state index in [0.29, 0.717) is 17.4 Å². The van der Waals surface area contributed by atoms with Gasteiger partial charge in [0.1, 0.15) is 5.75 Å². The lowest BCUT2D eigenvalue weighted by Crippen LogP contribution is -2.49. The monoisotopic (exact) mass is 428 g/mol. The van der Waals surface area contributed by atoms with Gasteiger partial charge in [-0.2, -0.15) is 0 Å². The van der Waals surface area contributed by atoms with Crippen molar-refractivity contribution in [3.05, 3.63) is 55.9 Å². The van der Waals surface area contributed by atoms with Crippen LogP contribution in [-0.2, 0) is 6.54 Å². The molecule has 1 aromatic carbocycles. The van der Waals surface area contributed by atoms with E-state index in [2.05, 4.69) is 9.80 Å². The molecule has 0 amide bonds. The maximum atomic E-state index is 12.8. The molecule has 9 heteroatoms. The number of fused-ring (bicyclic) bond motifs is 1. The summed E-state index contributed by atoms with van der Waals surface area (Å²) >= 11 is 1.31. The molecular weight excluding hydrogens is 404 g/mol. The molecule has 1 aliphatic rings. The number of rotatable bonds is 5. The average Bonchev–Trinajstić information content (AvgIpc) is 3.23. The normalized spacial score (nSPS) is 14.9. The second-order valence-corrected chi connectivity index (χ2v) is 8.01. The van der Waals surface area contributed by atoms with Gasteiger partial charge in [-0.15, -0.1) is 11.3 Å². The van der Waals surface area contributed by atoms with Crippen molar-refractivity contribution in [1.82, 2.24) is 14.0 Å². The van der Waals surface area contributed by atoms with Crippen LogP contribution in [0.2, 0.25) is 0 Å². The molecule has 1 fully saturated rings. The first kappa shape index (κ1) is 20.4. The number of piperazine rings is 1. The van der Waals surface area contributed by atoms with Crippen LogP contribution in [-0.4, -0.2) is 59.8 Å². The molecule has 4 rings (SSSR count). The second kappa shape index (κ2) is 8.45. The van der Waals surface area contributed by atoms with Crippen LogP contribution in [0.5, 0.6) is 5.75 Å². The molecule has 0 atom stereocenters. The third-order valence-corrected chi connectivity index (χ3v) is 6.26. The van der Waals surface area contributed by atoms with Crippen molar-refractivity contribution in [2.45, 2.75) is 13.5 Å². The molecule has 0 unspecified atom stereocenters. The quantitative estimate of drug-likeness (QED) is 0.616. The first-order chi connectivity index (χ1) is 14.5. The molecule has 0 spiro atoms. The van der Waals surface area contributed by atoms with E-state index in [1.807, 2.05) is 24.3 Å². The maximum absolute atomic E-state index is 12.8. The van der Waals surface area contributed by atoms with Gasteiger partial charge in [0.05, 0.1) is 23.7 Å². The molecule has 1 saturated heterocycles. The van der Waals surface area contributed by atoms with Crippen molar-refractivity contribution in [3.63, 3.8) is 0 Å². The predicted octanol–water partition coefficient (Wildman–Crippen LogP) is 1.72. The Morgan fingerprint density at radius 3 is 2.50 bits per heavy atom. The van der Waals surface area contributed by atoms with Crippen LogP contribution in [0.4, 0.5) is 5.69 Å². The first-order valence-corrected chi connectivity index (χ1v) is 10.8.